The molecule has 2 saturated heterocycles. The maximum Gasteiger partial charge on any atom is 0.229 e. The highest BCUT2D eigenvalue weighted by atomic mass is 16.2. The standard InChI is InChI=1S/C23H33N7O/c1-26-8-5-19-20(6-9-26)25-21-4-7-24-30(21)22(19)29-15-18(16-29)23(31)28-12-10-27(11-13-28)14-17-2-3-17/h4,7,17-18H,2-3,5-6,8-16H2,1H3. The summed E-state index contributed by atoms with van der Waals surface area (Å²) in [7, 11) is 2.18. The van der Waals surface area contributed by atoms with Crippen molar-refractivity contribution in [3.05, 3.63) is 23.5 Å². The Labute approximate surface area is 183 Å². The van der Waals surface area contributed by atoms with E-state index >= 15 is 0 Å². The molecule has 4 aliphatic rings. The molecular formula is C23H33N7O. The van der Waals surface area contributed by atoms with E-state index < -0.39 is 0 Å². The summed E-state index contributed by atoms with van der Waals surface area (Å²) in [6, 6.07) is 1.99. The number of nitrogens with zero attached hydrogens (tertiary/aromatic N) is 7. The van der Waals surface area contributed by atoms with Crippen LogP contribution < -0.4 is 4.90 Å². The third-order valence-corrected chi connectivity index (χ3v) is 7.59. The van der Waals surface area contributed by atoms with Gasteiger partial charge in [0, 0.05) is 77.0 Å². The van der Waals surface area contributed by atoms with Crippen LogP contribution >= 0.6 is 0 Å². The van der Waals surface area contributed by atoms with Crippen LogP contribution in [0.1, 0.15) is 24.1 Å². The SMILES string of the molecule is CN1CCc2nc3ccnn3c(N3CC(C(=O)N4CCN(CC5CC5)CC4)C3)c2CC1. The molecule has 0 unspecified atom stereocenters. The van der Waals surface area contributed by atoms with E-state index in [2.05, 4.69) is 31.7 Å². The van der Waals surface area contributed by atoms with Crippen LogP contribution in [0.25, 0.3) is 5.65 Å². The molecule has 6 rings (SSSR count). The van der Waals surface area contributed by atoms with Crippen LogP contribution in [0.5, 0.6) is 0 Å². The van der Waals surface area contributed by atoms with E-state index in [1.807, 2.05) is 16.8 Å². The Balaban J connectivity index is 1.15. The van der Waals surface area contributed by atoms with Crippen LogP contribution in [0.2, 0.25) is 0 Å². The number of fused-ring (bicyclic) bond motifs is 2. The minimum Gasteiger partial charge on any atom is -0.354 e. The Morgan fingerprint density at radius 1 is 1.06 bits per heavy atom. The fraction of sp³-hybridized carbons (Fsp3) is 0.696. The molecule has 166 valence electrons. The molecule has 2 aromatic rings. The predicted molar refractivity (Wildman–Crippen MR) is 119 cm³/mol. The van der Waals surface area contributed by atoms with Crippen LogP contribution in [-0.2, 0) is 17.6 Å². The Kier molecular flexibility index (Phi) is 4.87. The number of hydrogen-bond donors (Lipinski definition) is 0. The predicted octanol–water partition coefficient (Wildman–Crippen LogP) is 0.750. The zero-order valence-electron chi connectivity index (χ0n) is 18.5. The first-order chi connectivity index (χ1) is 15.2. The molecule has 0 atom stereocenters. The van der Waals surface area contributed by atoms with Gasteiger partial charge >= 0.3 is 0 Å². The molecule has 0 bridgehead atoms. The molecule has 2 aromatic heterocycles. The van der Waals surface area contributed by atoms with Crippen molar-refractivity contribution in [3.63, 3.8) is 0 Å². The first-order valence-corrected chi connectivity index (χ1v) is 12.0. The van der Waals surface area contributed by atoms with Crippen LogP contribution in [0.3, 0.4) is 0 Å². The minimum absolute atomic E-state index is 0.109. The number of likely N-dealkylation sites (N-methyl/N-ethyl adjacent to an activating group) is 1. The van der Waals surface area contributed by atoms with E-state index in [4.69, 9.17) is 4.98 Å². The number of amides is 1. The van der Waals surface area contributed by atoms with Gasteiger partial charge in [0.05, 0.1) is 17.8 Å². The van der Waals surface area contributed by atoms with E-state index in [0.29, 0.717) is 5.91 Å². The molecule has 0 spiro atoms. The fourth-order valence-corrected chi connectivity index (χ4v) is 5.39. The molecule has 1 aliphatic carbocycles. The first kappa shape index (κ1) is 19.5. The molecule has 1 amide bonds. The summed E-state index contributed by atoms with van der Waals surface area (Å²) in [6.45, 7) is 8.76. The lowest BCUT2D eigenvalue weighted by Gasteiger charge is -2.44. The van der Waals surface area contributed by atoms with E-state index in [9.17, 15) is 4.79 Å². The third-order valence-electron chi connectivity index (χ3n) is 7.59. The monoisotopic (exact) mass is 423 g/mol. The van der Waals surface area contributed by atoms with Gasteiger partial charge in [-0.05, 0) is 32.2 Å². The van der Waals surface area contributed by atoms with Crippen molar-refractivity contribution in [3.8, 4) is 0 Å². The summed E-state index contributed by atoms with van der Waals surface area (Å²) >= 11 is 0. The number of carbonyl (C=O) groups is 1. The second-order valence-corrected chi connectivity index (χ2v) is 9.94. The molecule has 5 heterocycles. The van der Waals surface area contributed by atoms with Gasteiger partial charge in [0.1, 0.15) is 5.82 Å². The van der Waals surface area contributed by atoms with Gasteiger partial charge in [-0.3, -0.25) is 9.69 Å². The number of anilines is 1. The lowest BCUT2D eigenvalue weighted by molar-refractivity contribution is -0.138. The largest absolute Gasteiger partial charge is 0.354 e. The van der Waals surface area contributed by atoms with Gasteiger partial charge in [0.2, 0.25) is 5.91 Å². The average Bonchev–Trinajstić information content (AvgIpc) is 3.47. The Hall–Kier alpha value is -2.19. The highest BCUT2D eigenvalue weighted by molar-refractivity contribution is 5.82. The van der Waals surface area contributed by atoms with Crippen LogP contribution in [0, 0.1) is 11.8 Å². The molecule has 3 aliphatic heterocycles. The van der Waals surface area contributed by atoms with Crippen molar-refractivity contribution in [2.45, 2.75) is 25.7 Å². The van der Waals surface area contributed by atoms with Crippen LogP contribution in [-0.4, -0.2) is 101 Å². The van der Waals surface area contributed by atoms with Crippen molar-refractivity contribution >= 4 is 17.4 Å². The minimum atomic E-state index is 0.109. The average molecular weight is 424 g/mol. The zero-order chi connectivity index (χ0) is 20.9. The van der Waals surface area contributed by atoms with Crippen molar-refractivity contribution in [2.24, 2.45) is 11.8 Å². The van der Waals surface area contributed by atoms with E-state index in [1.54, 1.807) is 0 Å². The molecule has 8 heteroatoms. The maximum atomic E-state index is 13.1. The number of rotatable bonds is 4. The smallest absolute Gasteiger partial charge is 0.229 e. The summed E-state index contributed by atoms with van der Waals surface area (Å²) in [6.07, 6.45) is 6.59. The van der Waals surface area contributed by atoms with Gasteiger partial charge in [-0.15, -0.1) is 0 Å². The second kappa shape index (κ2) is 7.74. The van der Waals surface area contributed by atoms with Crippen molar-refractivity contribution in [2.75, 3.05) is 70.9 Å². The van der Waals surface area contributed by atoms with E-state index in [-0.39, 0.29) is 5.92 Å². The van der Waals surface area contributed by atoms with Gasteiger partial charge < -0.3 is 14.7 Å². The molecule has 0 radical (unpaired) electrons. The topological polar surface area (TPSA) is 60.2 Å². The Bertz CT molecular complexity index is 970. The summed E-state index contributed by atoms with van der Waals surface area (Å²) in [5, 5.41) is 4.57. The molecule has 31 heavy (non-hydrogen) atoms. The van der Waals surface area contributed by atoms with Crippen molar-refractivity contribution in [1.29, 1.82) is 0 Å². The van der Waals surface area contributed by atoms with Gasteiger partial charge in [-0.2, -0.15) is 9.61 Å². The quantitative estimate of drug-likeness (QED) is 0.723. The molecule has 0 aromatic carbocycles. The second-order valence-electron chi connectivity index (χ2n) is 9.94. The summed E-state index contributed by atoms with van der Waals surface area (Å²) in [5.41, 5.74) is 3.44. The normalized spacial score (nSPS) is 23.6. The van der Waals surface area contributed by atoms with E-state index in [1.165, 1.54) is 36.5 Å². The van der Waals surface area contributed by atoms with Gasteiger partial charge in [-0.25, -0.2) is 4.98 Å². The molecule has 0 N–H and O–H groups in total. The van der Waals surface area contributed by atoms with Crippen LogP contribution in [0.15, 0.2) is 12.3 Å². The van der Waals surface area contributed by atoms with Crippen molar-refractivity contribution < 1.29 is 4.79 Å². The fourth-order valence-electron chi connectivity index (χ4n) is 5.39. The molecule has 8 nitrogen and oxygen atoms in total. The third kappa shape index (κ3) is 3.69. The zero-order valence-corrected chi connectivity index (χ0v) is 18.5. The highest BCUT2D eigenvalue weighted by Gasteiger charge is 2.39. The number of carbonyl (C=O) groups excluding carboxylic acids is 1. The highest BCUT2D eigenvalue weighted by Crippen LogP contribution is 2.33. The molecular weight excluding hydrogens is 390 g/mol. The lowest BCUT2D eigenvalue weighted by atomic mass is 9.96. The summed E-state index contributed by atoms with van der Waals surface area (Å²) in [4.78, 5) is 27.4. The molecule has 3 fully saturated rings. The first-order valence-electron chi connectivity index (χ1n) is 12.0. The van der Waals surface area contributed by atoms with Gasteiger partial charge in [-0.1, -0.05) is 0 Å². The molecule has 1 saturated carbocycles. The Morgan fingerprint density at radius 3 is 2.61 bits per heavy atom. The van der Waals surface area contributed by atoms with Gasteiger partial charge in [0.25, 0.3) is 0 Å². The van der Waals surface area contributed by atoms with E-state index in [0.717, 1.165) is 76.8 Å². The maximum absolute atomic E-state index is 13.1. The number of aromatic nitrogens is 3. The number of hydrogen-bond acceptors (Lipinski definition) is 6. The Morgan fingerprint density at radius 2 is 1.84 bits per heavy atom. The van der Waals surface area contributed by atoms with Crippen LogP contribution in [0.4, 0.5) is 5.82 Å². The lowest BCUT2D eigenvalue weighted by Crippen LogP contribution is -2.58. The number of piperazine rings is 1. The van der Waals surface area contributed by atoms with Gasteiger partial charge in [0.15, 0.2) is 5.65 Å². The van der Waals surface area contributed by atoms with Crippen molar-refractivity contribution in [1.82, 2.24) is 29.3 Å². The summed E-state index contributed by atoms with van der Waals surface area (Å²) in [5.74, 6) is 2.55. The summed E-state index contributed by atoms with van der Waals surface area (Å²) < 4.78 is 1.99.